The van der Waals surface area contributed by atoms with E-state index in [-0.39, 0.29) is 10.9 Å². The Morgan fingerprint density at radius 3 is 2.52 bits per heavy atom. The molecule has 6 heteroatoms. The van der Waals surface area contributed by atoms with Gasteiger partial charge < -0.3 is 4.90 Å². The highest BCUT2D eigenvalue weighted by molar-refractivity contribution is 7.89. The molecule has 2 aromatic rings. The summed E-state index contributed by atoms with van der Waals surface area (Å²) in [6.45, 7) is 7.76. The highest BCUT2D eigenvalue weighted by Gasteiger charge is 2.20. The fourth-order valence-electron chi connectivity index (χ4n) is 3.55. The third-order valence-electron chi connectivity index (χ3n) is 5.19. The van der Waals surface area contributed by atoms with Crippen LogP contribution in [0.25, 0.3) is 0 Å². The van der Waals surface area contributed by atoms with Gasteiger partial charge in [0.15, 0.2) is 0 Å². The summed E-state index contributed by atoms with van der Waals surface area (Å²) in [5.41, 5.74) is 2.38. The molecule has 0 radical (unpaired) electrons. The van der Waals surface area contributed by atoms with E-state index in [0.717, 1.165) is 18.7 Å². The van der Waals surface area contributed by atoms with Crippen LogP contribution in [-0.4, -0.2) is 21.5 Å². The van der Waals surface area contributed by atoms with Gasteiger partial charge in [0.05, 0.1) is 4.90 Å². The van der Waals surface area contributed by atoms with Gasteiger partial charge in [-0.15, -0.1) is 0 Å². The molecule has 2 aromatic carbocycles. The maximum absolute atomic E-state index is 13.4. The number of benzene rings is 2. The monoisotopic (exact) mass is 390 g/mol. The van der Waals surface area contributed by atoms with E-state index in [4.69, 9.17) is 0 Å². The van der Waals surface area contributed by atoms with Crippen molar-refractivity contribution in [1.29, 1.82) is 0 Å². The van der Waals surface area contributed by atoms with Gasteiger partial charge in [0.2, 0.25) is 10.0 Å². The summed E-state index contributed by atoms with van der Waals surface area (Å²) in [6.07, 6.45) is 2.48. The van der Waals surface area contributed by atoms with E-state index in [9.17, 15) is 12.8 Å². The molecular weight excluding hydrogens is 363 g/mol. The van der Waals surface area contributed by atoms with E-state index in [1.807, 2.05) is 19.1 Å². The molecule has 2 atom stereocenters. The van der Waals surface area contributed by atoms with E-state index in [0.29, 0.717) is 11.5 Å². The van der Waals surface area contributed by atoms with Gasteiger partial charge in [-0.1, -0.05) is 19.1 Å². The number of hydrogen-bond acceptors (Lipinski definition) is 3. The van der Waals surface area contributed by atoms with Crippen molar-refractivity contribution in [3.8, 4) is 0 Å². The zero-order valence-electron chi connectivity index (χ0n) is 16.1. The molecule has 1 aliphatic heterocycles. The second-order valence-corrected chi connectivity index (χ2v) is 9.25. The van der Waals surface area contributed by atoms with Crippen LogP contribution in [0.4, 0.5) is 10.1 Å². The van der Waals surface area contributed by atoms with Crippen molar-refractivity contribution >= 4 is 15.7 Å². The average Bonchev–Trinajstić information content (AvgIpc) is 2.63. The van der Waals surface area contributed by atoms with E-state index in [2.05, 4.69) is 28.7 Å². The number of nitrogens with zero attached hydrogens (tertiary/aromatic N) is 1. The Balaban J connectivity index is 1.71. The first-order chi connectivity index (χ1) is 12.8. The summed E-state index contributed by atoms with van der Waals surface area (Å²) < 4.78 is 41.3. The summed E-state index contributed by atoms with van der Waals surface area (Å²) in [4.78, 5) is 2.46. The molecule has 146 valence electrons. The number of halogens is 1. The fraction of sp³-hybridized carbons (Fsp3) is 0.429. The van der Waals surface area contributed by atoms with E-state index >= 15 is 0 Å². The van der Waals surface area contributed by atoms with Crippen molar-refractivity contribution in [3.05, 3.63) is 59.4 Å². The minimum Gasteiger partial charge on any atom is -0.371 e. The Bertz CT molecular complexity index is 897. The van der Waals surface area contributed by atoms with Crippen LogP contribution in [0.2, 0.25) is 0 Å². The number of hydrogen-bond donors (Lipinski definition) is 1. The normalized spacial score (nSPS) is 19.1. The zero-order chi connectivity index (χ0) is 19.6. The summed E-state index contributed by atoms with van der Waals surface area (Å²) in [5.74, 6) is 0.285. The molecule has 1 saturated heterocycles. The van der Waals surface area contributed by atoms with Gasteiger partial charge in [0, 0.05) is 24.8 Å². The van der Waals surface area contributed by atoms with Crippen LogP contribution in [0.1, 0.15) is 43.9 Å². The third-order valence-corrected chi connectivity index (χ3v) is 6.73. The van der Waals surface area contributed by atoms with Gasteiger partial charge in [0.1, 0.15) is 5.82 Å². The molecule has 27 heavy (non-hydrogen) atoms. The SMILES string of the molecule is Cc1cc(S(=O)(=O)N[C@@H](C)c2ccc(N3CCC[C@H](C)C3)cc2)ccc1F. The lowest BCUT2D eigenvalue weighted by atomic mass is 9.99. The molecule has 1 heterocycles. The second-order valence-electron chi connectivity index (χ2n) is 7.54. The van der Waals surface area contributed by atoms with Crippen molar-refractivity contribution in [3.63, 3.8) is 0 Å². The molecule has 0 spiro atoms. The Morgan fingerprint density at radius 1 is 1.19 bits per heavy atom. The zero-order valence-corrected chi connectivity index (χ0v) is 16.9. The van der Waals surface area contributed by atoms with Gasteiger partial charge in [-0.2, -0.15) is 0 Å². The Hall–Kier alpha value is -1.92. The van der Waals surface area contributed by atoms with Crippen LogP contribution >= 0.6 is 0 Å². The number of nitrogens with one attached hydrogen (secondary N) is 1. The molecular formula is C21H27FN2O2S. The Morgan fingerprint density at radius 2 is 1.89 bits per heavy atom. The predicted octanol–water partition coefficient (Wildman–Crippen LogP) is 4.41. The van der Waals surface area contributed by atoms with E-state index in [1.54, 1.807) is 6.92 Å². The standard InChI is InChI=1S/C21H27FN2O2S/c1-15-5-4-12-24(14-15)19-8-6-18(7-9-19)17(3)23-27(25,26)20-10-11-21(22)16(2)13-20/h6-11,13,15,17,23H,4-5,12,14H2,1-3H3/t15-,17-/m0/s1. The summed E-state index contributed by atoms with van der Waals surface area (Å²) >= 11 is 0. The molecule has 0 amide bonds. The number of piperidine rings is 1. The van der Waals surface area contributed by atoms with Crippen LogP contribution in [0.15, 0.2) is 47.4 Å². The summed E-state index contributed by atoms with van der Waals surface area (Å²) in [7, 11) is -3.71. The number of sulfonamides is 1. The predicted molar refractivity (Wildman–Crippen MR) is 107 cm³/mol. The highest BCUT2D eigenvalue weighted by Crippen LogP contribution is 2.25. The van der Waals surface area contributed by atoms with Gasteiger partial charge in [-0.25, -0.2) is 17.5 Å². The minimum absolute atomic E-state index is 0.0761. The first-order valence-electron chi connectivity index (χ1n) is 9.39. The van der Waals surface area contributed by atoms with Gasteiger partial charge >= 0.3 is 0 Å². The van der Waals surface area contributed by atoms with Crippen LogP contribution in [0.3, 0.4) is 0 Å². The minimum atomic E-state index is -3.71. The fourth-order valence-corrected chi connectivity index (χ4v) is 4.87. The van der Waals surface area contributed by atoms with Crippen LogP contribution in [-0.2, 0) is 10.0 Å². The van der Waals surface area contributed by atoms with Crippen LogP contribution < -0.4 is 9.62 Å². The lowest BCUT2D eigenvalue weighted by Crippen LogP contribution is -2.34. The smallest absolute Gasteiger partial charge is 0.241 e. The molecule has 4 nitrogen and oxygen atoms in total. The lowest BCUT2D eigenvalue weighted by Gasteiger charge is -2.33. The second kappa shape index (κ2) is 7.98. The molecule has 0 aliphatic carbocycles. The molecule has 3 rings (SSSR count). The quantitative estimate of drug-likeness (QED) is 0.823. The van der Waals surface area contributed by atoms with Gasteiger partial charge in [-0.05, 0) is 74.1 Å². The third kappa shape index (κ3) is 4.68. The number of aryl methyl sites for hydroxylation is 1. The Kier molecular flexibility index (Phi) is 5.86. The average molecular weight is 391 g/mol. The topological polar surface area (TPSA) is 49.4 Å². The highest BCUT2D eigenvalue weighted by atomic mass is 32.2. The van der Waals surface area contributed by atoms with Gasteiger partial charge in [-0.3, -0.25) is 0 Å². The van der Waals surface area contributed by atoms with E-state index < -0.39 is 15.8 Å². The van der Waals surface area contributed by atoms with Crippen LogP contribution in [0.5, 0.6) is 0 Å². The molecule has 0 unspecified atom stereocenters. The molecule has 1 aliphatic rings. The Labute approximate surface area is 161 Å². The molecule has 0 saturated carbocycles. The molecule has 1 N–H and O–H groups in total. The van der Waals surface area contributed by atoms with Crippen molar-refractivity contribution in [2.24, 2.45) is 5.92 Å². The number of anilines is 1. The van der Waals surface area contributed by atoms with Crippen molar-refractivity contribution in [2.45, 2.75) is 44.6 Å². The van der Waals surface area contributed by atoms with Crippen LogP contribution in [0, 0.1) is 18.7 Å². The van der Waals surface area contributed by atoms with E-state index in [1.165, 1.54) is 36.7 Å². The van der Waals surface area contributed by atoms with Gasteiger partial charge in [0.25, 0.3) is 0 Å². The van der Waals surface area contributed by atoms with Crippen molar-refractivity contribution in [2.75, 3.05) is 18.0 Å². The largest absolute Gasteiger partial charge is 0.371 e. The maximum atomic E-state index is 13.4. The number of rotatable bonds is 5. The lowest BCUT2D eigenvalue weighted by molar-refractivity contribution is 0.447. The van der Waals surface area contributed by atoms with Crippen molar-refractivity contribution < 1.29 is 12.8 Å². The molecule has 0 aromatic heterocycles. The summed E-state index contributed by atoms with van der Waals surface area (Å²) in [5, 5.41) is 0. The first-order valence-corrected chi connectivity index (χ1v) is 10.9. The van der Waals surface area contributed by atoms with Crippen molar-refractivity contribution in [1.82, 2.24) is 4.72 Å². The molecule has 1 fully saturated rings. The summed E-state index contributed by atoms with van der Waals surface area (Å²) in [6, 6.07) is 11.5. The first kappa shape index (κ1) is 19.8. The maximum Gasteiger partial charge on any atom is 0.241 e. The molecule has 0 bridgehead atoms.